The lowest BCUT2D eigenvalue weighted by atomic mass is 9.77. The number of benzene rings is 1. The van der Waals surface area contributed by atoms with Gasteiger partial charge in [0.15, 0.2) is 0 Å². The highest BCUT2D eigenvalue weighted by atomic mass is 16.3. The molecule has 3 nitrogen and oxygen atoms in total. The predicted molar refractivity (Wildman–Crippen MR) is 97.4 cm³/mol. The minimum absolute atomic E-state index is 0.0174. The van der Waals surface area contributed by atoms with Gasteiger partial charge in [-0.15, -0.1) is 0 Å². The molecular formula is C21H31NO2. The second-order valence-electron chi connectivity index (χ2n) is 8.80. The number of carbonyl (C=O) groups is 1. The van der Waals surface area contributed by atoms with Gasteiger partial charge >= 0.3 is 0 Å². The van der Waals surface area contributed by atoms with Crippen molar-refractivity contribution in [1.82, 2.24) is 4.90 Å². The molecule has 0 aliphatic heterocycles. The van der Waals surface area contributed by atoms with Crippen LogP contribution in [0.25, 0.3) is 0 Å². The molecule has 3 atom stereocenters. The summed E-state index contributed by atoms with van der Waals surface area (Å²) in [5, 5.41) is 11.2. The lowest BCUT2D eigenvalue weighted by molar-refractivity contribution is -0.130. The Balaban J connectivity index is 2.25. The van der Waals surface area contributed by atoms with E-state index in [-0.39, 0.29) is 17.4 Å². The van der Waals surface area contributed by atoms with E-state index in [9.17, 15) is 9.90 Å². The maximum Gasteiger partial charge on any atom is 0.219 e. The van der Waals surface area contributed by atoms with Gasteiger partial charge in [0.1, 0.15) is 5.75 Å². The first-order chi connectivity index (χ1) is 11.1. The summed E-state index contributed by atoms with van der Waals surface area (Å²) in [6.45, 7) is 10.2. The van der Waals surface area contributed by atoms with Crippen LogP contribution in [0.1, 0.15) is 87.6 Å². The maximum atomic E-state index is 12.1. The van der Waals surface area contributed by atoms with E-state index in [0.717, 1.165) is 17.5 Å². The average Bonchev–Trinajstić information content (AvgIpc) is 2.84. The topological polar surface area (TPSA) is 40.5 Å². The molecule has 3 rings (SSSR count). The third kappa shape index (κ3) is 2.53. The molecule has 1 fully saturated rings. The molecule has 2 aliphatic rings. The molecule has 3 heteroatoms. The fraction of sp³-hybridized carbons (Fsp3) is 0.667. The fourth-order valence-corrected chi connectivity index (χ4v) is 5.00. The van der Waals surface area contributed by atoms with Gasteiger partial charge in [-0.2, -0.15) is 0 Å². The van der Waals surface area contributed by atoms with Crippen LogP contribution in [0.15, 0.2) is 6.07 Å². The zero-order valence-electron chi connectivity index (χ0n) is 15.9. The number of hydrogen-bond donors (Lipinski definition) is 1. The van der Waals surface area contributed by atoms with Crippen LogP contribution >= 0.6 is 0 Å². The van der Waals surface area contributed by atoms with Crippen molar-refractivity contribution >= 4 is 5.91 Å². The fourth-order valence-electron chi connectivity index (χ4n) is 5.00. The van der Waals surface area contributed by atoms with Crippen LogP contribution in [-0.4, -0.2) is 23.0 Å². The van der Waals surface area contributed by atoms with Gasteiger partial charge in [0.25, 0.3) is 0 Å². The lowest BCUT2D eigenvalue weighted by Gasteiger charge is -2.34. The molecule has 0 bridgehead atoms. The van der Waals surface area contributed by atoms with Gasteiger partial charge in [0.2, 0.25) is 5.91 Å². The zero-order chi connectivity index (χ0) is 17.8. The number of carbonyl (C=O) groups excluding carboxylic acids is 1. The van der Waals surface area contributed by atoms with Crippen molar-refractivity contribution in [2.45, 2.75) is 77.7 Å². The van der Waals surface area contributed by atoms with Gasteiger partial charge in [-0.1, -0.05) is 39.7 Å². The first-order valence-electron chi connectivity index (χ1n) is 9.24. The van der Waals surface area contributed by atoms with Crippen molar-refractivity contribution in [3.05, 3.63) is 28.3 Å². The van der Waals surface area contributed by atoms with Gasteiger partial charge in [-0.05, 0) is 53.7 Å². The van der Waals surface area contributed by atoms with E-state index >= 15 is 0 Å². The Bertz CT molecular complexity index is 671. The van der Waals surface area contributed by atoms with Crippen LogP contribution in [0.3, 0.4) is 0 Å². The Kier molecular flexibility index (Phi) is 4.17. The van der Waals surface area contributed by atoms with Crippen LogP contribution < -0.4 is 0 Å². The van der Waals surface area contributed by atoms with E-state index in [1.165, 1.54) is 30.4 Å². The second kappa shape index (κ2) is 5.79. The van der Waals surface area contributed by atoms with Gasteiger partial charge < -0.3 is 10.0 Å². The maximum absolute atomic E-state index is 12.1. The number of hydrogen-bond acceptors (Lipinski definition) is 2. The number of amides is 1. The number of aryl methyl sites for hydroxylation is 1. The van der Waals surface area contributed by atoms with Crippen LogP contribution in [-0.2, 0) is 10.2 Å². The number of phenolic OH excluding ortho intramolecular Hbond substituents is 1. The summed E-state index contributed by atoms with van der Waals surface area (Å²) < 4.78 is 0. The average molecular weight is 329 g/mol. The van der Waals surface area contributed by atoms with Crippen LogP contribution in [0, 0.1) is 12.8 Å². The molecule has 1 aromatic carbocycles. The first-order valence-corrected chi connectivity index (χ1v) is 9.24. The highest BCUT2D eigenvalue weighted by molar-refractivity contribution is 5.74. The number of fused-ring (bicyclic) bond motifs is 3. The number of aromatic hydroxyl groups is 1. The van der Waals surface area contributed by atoms with Crippen LogP contribution in [0.4, 0.5) is 0 Å². The van der Waals surface area contributed by atoms with E-state index in [1.807, 2.05) is 11.9 Å². The highest BCUT2D eigenvalue weighted by Gasteiger charge is 2.47. The third-order valence-corrected chi connectivity index (χ3v) is 6.20. The lowest BCUT2D eigenvalue weighted by Crippen LogP contribution is -2.33. The van der Waals surface area contributed by atoms with Crippen molar-refractivity contribution < 1.29 is 9.90 Å². The molecule has 0 saturated heterocycles. The summed E-state index contributed by atoms with van der Waals surface area (Å²) in [4.78, 5) is 14.0. The molecule has 1 saturated carbocycles. The van der Waals surface area contributed by atoms with Crippen molar-refractivity contribution in [1.29, 1.82) is 0 Å². The molecule has 2 aliphatic carbocycles. The predicted octanol–water partition coefficient (Wildman–Crippen LogP) is 4.80. The molecule has 132 valence electrons. The third-order valence-electron chi connectivity index (χ3n) is 6.20. The largest absolute Gasteiger partial charge is 0.507 e. The van der Waals surface area contributed by atoms with E-state index in [4.69, 9.17) is 0 Å². The van der Waals surface area contributed by atoms with Crippen LogP contribution in [0.2, 0.25) is 0 Å². The Morgan fingerprint density at radius 2 is 1.83 bits per heavy atom. The summed E-state index contributed by atoms with van der Waals surface area (Å²) in [6.07, 6.45) is 4.79. The van der Waals surface area contributed by atoms with E-state index in [1.54, 1.807) is 6.92 Å². The molecule has 1 aromatic rings. The molecule has 1 amide bonds. The van der Waals surface area contributed by atoms with E-state index in [0.29, 0.717) is 17.6 Å². The molecule has 1 N–H and O–H groups in total. The van der Waals surface area contributed by atoms with Gasteiger partial charge in [0, 0.05) is 19.5 Å². The number of rotatable bonds is 1. The zero-order valence-corrected chi connectivity index (χ0v) is 15.9. The smallest absolute Gasteiger partial charge is 0.219 e. The molecule has 0 spiro atoms. The summed E-state index contributed by atoms with van der Waals surface area (Å²) in [6, 6.07) is 2.19. The van der Waals surface area contributed by atoms with Gasteiger partial charge in [0.05, 0.1) is 6.04 Å². The summed E-state index contributed by atoms with van der Waals surface area (Å²) >= 11 is 0. The molecule has 24 heavy (non-hydrogen) atoms. The Hall–Kier alpha value is -1.51. The van der Waals surface area contributed by atoms with Crippen molar-refractivity contribution in [3.8, 4) is 5.75 Å². The SMILES string of the molecule is CC(=O)N(C)C1c2c(O)c(C(C)(C)C)cc(C)c2C2CCCCC21. The molecule has 0 radical (unpaired) electrons. The summed E-state index contributed by atoms with van der Waals surface area (Å²) in [7, 11) is 1.90. The van der Waals surface area contributed by atoms with Crippen molar-refractivity contribution in [3.63, 3.8) is 0 Å². The van der Waals surface area contributed by atoms with Crippen molar-refractivity contribution in [2.75, 3.05) is 7.05 Å². The Morgan fingerprint density at radius 1 is 1.21 bits per heavy atom. The Labute approximate surface area is 146 Å². The first kappa shape index (κ1) is 17.3. The van der Waals surface area contributed by atoms with E-state index in [2.05, 4.69) is 33.8 Å². The molecule has 0 heterocycles. The summed E-state index contributed by atoms with van der Waals surface area (Å²) in [5.74, 6) is 1.44. The van der Waals surface area contributed by atoms with Gasteiger partial charge in [-0.25, -0.2) is 0 Å². The minimum atomic E-state index is -0.114. The molecule has 0 aromatic heterocycles. The molecule has 3 unspecified atom stereocenters. The summed E-state index contributed by atoms with van der Waals surface area (Å²) in [5.41, 5.74) is 4.53. The van der Waals surface area contributed by atoms with Gasteiger partial charge in [-0.3, -0.25) is 4.79 Å². The minimum Gasteiger partial charge on any atom is -0.507 e. The highest BCUT2D eigenvalue weighted by Crippen LogP contribution is 2.58. The Morgan fingerprint density at radius 3 is 2.42 bits per heavy atom. The molecular weight excluding hydrogens is 298 g/mol. The standard InChI is InChI=1S/C21H31NO2/c1-12-11-16(21(3,4)5)20(24)18-17(12)14-9-7-8-10-15(14)19(18)22(6)13(2)23/h11,14-15,19,24H,7-10H2,1-6H3. The van der Waals surface area contributed by atoms with Crippen LogP contribution in [0.5, 0.6) is 5.75 Å². The van der Waals surface area contributed by atoms with E-state index < -0.39 is 0 Å². The number of nitrogens with zero attached hydrogens (tertiary/aromatic N) is 1. The second-order valence-corrected chi connectivity index (χ2v) is 8.80. The normalized spacial score (nSPS) is 26.0. The van der Waals surface area contributed by atoms with Crippen molar-refractivity contribution in [2.24, 2.45) is 5.92 Å². The number of phenols is 1. The monoisotopic (exact) mass is 329 g/mol. The quantitative estimate of drug-likeness (QED) is 0.803.